The van der Waals surface area contributed by atoms with Crippen LogP contribution in [0.15, 0.2) is 42.6 Å². The molecule has 1 aliphatic rings. The van der Waals surface area contributed by atoms with Gasteiger partial charge in [-0.1, -0.05) is 35.3 Å². The zero-order valence-corrected chi connectivity index (χ0v) is 16.1. The van der Waals surface area contributed by atoms with E-state index in [0.717, 1.165) is 30.7 Å². The number of nitrogens with zero attached hydrogens (tertiary/aromatic N) is 3. The zero-order chi connectivity index (χ0) is 19.0. The molecule has 0 unspecified atom stereocenters. The molecule has 2 aromatic heterocycles. The molecule has 7 heteroatoms. The normalized spacial score (nSPS) is 17.7. The lowest BCUT2D eigenvalue weighted by molar-refractivity contribution is 0.103. The van der Waals surface area contributed by atoms with Crippen molar-refractivity contribution in [1.82, 2.24) is 14.3 Å². The fraction of sp³-hybridized carbons (Fsp3) is 0.300. The molecule has 0 radical (unpaired) electrons. The number of halogens is 2. The Morgan fingerprint density at radius 1 is 1.22 bits per heavy atom. The molecular formula is C20H19Cl2N3O2. The highest BCUT2D eigenvalue weighted by Gasteiger charge is 2.27. The van der Waals surface area contributed by atoms with Gasteiger partial charge in [0.25, 0.3) is 0 Å². The first kappa shape index (κ1) is 18.4. The molecule has 1 aromatic carbocycles. The van der Waals surface area contributed by atoms with Crippen molar-refractivity contribution in [2.45, 2.75) is 25.4 Å². The van der Waals surface area contributed by atoms with Gasteiger partial charge in [-0.05, 0) is 43.7 Å². The van der Waals surface area contributed by atoms with Gasteiger partial charge in [-0.25, -0.2) is 4.98 Å². The van der Waals surface area contributed by atoms with E-state index in [9.17, 15) is 9.90 Å². The standard InChI is InChI=1S/C20H19Cl2N3O2/c21-15-7-3-6-14(18(15)22)20(27)19-16-8-1-2-10-25(16)17(23-19)11-24-9-4-5-13(24)12-26/h1-3,6-8,10,13,26H,4-5,9,11-12H2/t13-/m1/s1. The van der Waals surface area contributed by atoms with Crippen molar-refractivity contribution >= 4 is 34.5 Å². The average Bonchev–Trinajstić information content (AvgIpc) is 3.28. The van der Waals surface area contributed by atoms with Crippen LogP contribution >= 0.6 is 23.2 Å². The number of rotatable bonds is 5. The summed E-state index contributed by atoms with van der Waals surface area (Å²) < 4.78 is 1.93. The van der Waals surface area contributed by atoms with E-state index in [1.807, 2.05) is 28.8 Å². The van der Waals surface area contributed by atoms with Crippen molar-refractivity contribution in [3.63, 3.8) is 0 Å². The number of aliphatic hydroxyl groups excluding tert-OH is 1. The topological polar surface area (TPSA) is 57.8 Å². The lowest BCUT2D eigenvalue weighted by Crippen LogP contribution is -2.32. The monoisotopic (exact) mass is 403 g/mol. The van der Waals surface area contributed by atoms with Gasteiger partial charge in [0.2, 0.25) is 5.78 Å². The molecule has 0 amide bonds. The summed E-state index contributed by atoms with van der Waals surface area (Å²) in [5.74, 6) is 0.519. The van der Waals surface area contributed by atoms with Gasteiger partial charge in [0, 0.05) is 17.8 Å². The highest BCUT2D eigenvalue weighted by molar-refractivity contribution is 6.44. The van der Waals surface area contributed by atoms with Gasteiger partial charge in [-0.15, -0.1) is 0 Å². The molecule has 1 aliphatic heterocycles. The van der Waals surface area contributed by atoms with Crippen LogP contribution in [0, 0.1) is 0 Å². The van der Waals surface area contributed by atoms with Crippen molar-refractivity contribution in [3.8, 4) is 0 Å². The third-order valence-electron chi connectivity index (χ3n) is 5.09. The molecule has 3 aromatic rings. The maximum absolute atomic E-state index is 13.1. The second kappa shape index (κ2) is 7.60. The SMILES string of the molecule is O=C(c1cccc(Cl)c1Cl)c1nc(CN2CCC[C@@H]2CO)n2ccccc12. The van der Waals surface area contributed by atoms with Crippen LogP contribution in [0.1, 0.15) is 34.7 Å². The Bertz CT molecular complexity index is 1000. The first-order valence-corrected chi connectivity index (χ1v) is 9.65. The Morgan fingerprint density at radius 2 is 2.07 bits per heavy atom. The van der Waals surface area contributed by atoms with Crippen LogP contribution in [-0.4, -0.2) is 44.4 Å². The molecule has 5 nitrogen and oxygen atoms in total. The Labute approximate surface area is 167 Å². The summed E-state index contributed by atoms with van der Waals surface area (Å²) in [7, 11) is 0. The second-order valence-electron chi connectivity index (χ2n) is 6.71. The maximum atomic E-state index is 13.1. The molecule has 1 atom stereocenters. The number of fused-ring (bicyclic) bond motifs is 1. The fourth-order valence-corrected chi connectivity index (χ4v) is 4.06. The molecule has 1 fully saturated rings. The van der Waals surface area contributed by atoms with Gasteiger partial charge in [-0.3, -0.25) is 9.69 Å². The average molecular weight is 404 g/mol. The van der Waals surface area contributed by atoms with Crippen LogP contribution in [-0.2, 0) is 6.54 Å². The van der Waals surface area contributed by atoms with Crippen molar-refractivity contribution in [2.24, 2.45) is 0 Å². The van der Waals surface area contributed by atoms with Crippen LogP contribution in [0.3, 0.4) is 0 Å². The lowest BCUT2D eigenvalue weighted by Gasteiger charge is -2.21. The molecular weight excluding hydrogens is 385 g/mol. The minimum absolute atomic E-state index is 0.132. The Kier molecular flexibility index (Phi) is 5.19. The third-order valence-corrected chi connectivity index (χ3v) is 5.91. The number of hydrogen-bond acceptors (Lipinski definition) is 4. The molecule has 3 heterocycles. The number of carbonyl (C=O) groups is 1. The van der Waals surface area contributed by atoms with Crippen LogP contribution in [0.25, 0.3) is 5.52 Å². The third kappa shape index (κ3) is 3.36. The largest absolute Gasteiger partial charge is 0.395 e. The lowest BCUT2D eigenvalue weighted by atomic mass is 10.1. The highest BCUT2D eigenvalue weighted by atomic mass is 35.5. The van der Waals surface area contributed by atoms with Crippen molar-refractivity contribution in [1.29, 1.82) is 0 Å². The van der Waals surface area contributed by atoms with Crippen molar-refractivity contribution in [2.75, 3.05) is 13.2 Å². The fourth-order valence-electron chi connectivity index (χ4n) is 3.68. The first-order chi connectivity index (χ1) is 13.1. The summed E-state index contributed by atoms with van der Waals surface area (Å²) in [5, 5.41) is 10.2. The van der Waals surface area contributed by atoms with Gasteiger partial charge >= 0.3 is 0 Å². The molecule has 0 spiro atoms. The minimum atomic E-state index is -0.252. The Hall–Kier alpha value is -1.92. The number of benzene rings is 1. The van der Waals surface area contributed by atoms with E-state index >= 15 is 0 Å². The predicted octanol–water partition coefficient (Wildman–Crippen LogP) is 3.83. The van der Waals surface area contributed by atoms with Gasteiger partial charge in [-0.2, -0.15) is 0 Å². The zero-order valence-electron chi connectivity index (χ0n) is 14.6. The van der Waals surface area contributed by atoms with Gasteiger partial charge in [0.1, 0.15) is 11.5 Å². The highest BCUT2D eigenvalue weighted by Crippen LogP contribution is 2.29. The summed E-state index contributed by atoms with van der Waals surface area (Å²) in [4.78, 5) is 20.0. The maximum Gasteiger partial charge on any atom is 0.215 e. The smallest absolute Gasteiger partial charge is 0.215 e. The van der Waals surface area contributed by atoms with E-state index in [0.29, 0.717) is 22.8 Å². The quantitative estimate of drug-likeness (QED) is 0.657. The van der Waals surface area contributed by atoms with Gasteiger partial charge < -0.3 is 9.51 Å². The van der Waals surface area contributed by atoms with Crippen LogP contribution in [0.5, 0.6) is 0 Å². The van der Waals surface area contributed by atoms with E-state index in [2.05, 4.69) is 9.88 Å². The second-order valence-corrected chi connectivity index (χ2v) is 7.50. The first-order valence-electron chi connectivity index (χ1n) is 8.89. The van der Waals surface area contributed by atoms with E-state index in [4.69, 9.17) is 23.2 Å². The van der Waals surface area contributed by atoms with Crippen molar-refractivity contribution in [3.05, 3.63) is 69.7 Å². The summed E-state index contributed by atoms with van der Waals surface area (Å²) in [6, 6.07) is 10.8. The Balaban J connectivity index is 1.76. The molecule has 0 aliphatic carbocycles. The molecule has 4 rings (SSSR count). The Morgan fingerprint density at radius 3 is 2.89 bits per heavy atom. The number of pyridine rings is 1. The van der Waals surface area contributed by atoms with E-state index in [1.54, 1.807) is 18.2 Å². The number of carbonyl (C=O) groups excluding carboxylic acids is 1. The molecule has 0 bridgehead atoms. The predicted molar refractivity (Wildman–Crippen MR) is 106 cm³/mol. The summed E-state index contributed by atoms with van der Waals surface area (Å²) >= 11 is 12.3. The van der Waals surface area contributed by atoms with Crippen LogP contribution in [0.4, 0.5) is 0 Å². The van der Waals surface area contributed by atoms with E-state index in [1.165, 1.54) is 0 Å². The van der Waals surface area contributed by atoms with Crippen LogP contribution < -0.4 is 0 Å². The molecule has 27 heavy (non-hydrogen) atoms. The summed E-state index contributed by atoms with van der Waals surface area (Å²) in [6.07, 6.45) is 3.93. The molecule has 140 valence electrons. The number of likely N-dealkylation sites (tertiary alicyclic amines) is 1. The van der Waals surface area contributed by atoms with Crippen LogP contribution in [0.2, 0.25) is 10.0 Å². The number of aliphatic hydroxyl groups is 1. The van der Waals surface area contributed by atoms with Crippen molar-refractivity contribution < 1.29 is 9.90 Å². The molecule has 1 saturated heterocycles. The van der Waals surface area contributed by atoms with E-state index < -0.39 is 0 Å². The molecule has 0 saturated carbocycles. The van der Waals surface area contributed by atoms with Gasteiger partial charge in [0.15, 0.2) is 0 Å². The van der Waals surface area contributed by atoms with E-state index in [-0.39, 0.29) is 23.5 Å². The minimum Gasteiger partial charge on any atom is -0.395 e. The summed E-state index contributed by atoms with van der Waals surface area (Å²) in [5.41, 5.74) is 1.43. The number of imidazole rings is 1. The molecule has 1 N–H and O–H groups in total. The summed E-state index contributed by atoms with van der Waals surface area (Å²) in [6.45, 7) is 1.62. The van der Waals surface area contributed by atoms with Gasteiger partial charge in [0.05, 0.1) is 28.7 Å². The number of ketones is 1. The number of aromatic nitrogens is 2. The number of hydrogen-bond donors (Lipinski definition) is 1.